The number of benzene rings is 2. The van der Waals surface area contributed by atoms with E-state index in [1.807, 2.05) is 42.5 Å². The topological polar surface area (TPSA) is 27.7 Å². The Hall–Kier alpha value is -1.52. The predicted octanol–water partition coefficient (Wildman–Crippen LogP) is 4.07. The molecule has 0 saturated carbocycles. The van der Waals surface area contributed by atoms with Crippen molar-refractivity contribution in [3.8, 4) is 11.5 Å². The van der Waals surface area contributed by atoms with Crippen molar-refractivity contribution in [1.29, 1.82) is 0 Å². The first-order valence-corrected chi connectivity index (χ1v) is 6.77. The zero-order chi connectivity index (χ0) is 13.2. The highest BCUT2D eigenvalue weighted by molar-refractivity contribution is 9.10. The van der Waals surface area contributed by atoms with Crippen LogP contribution in [-0.4, -0.2) is 7.11 Å². The number of rotatable bonds is 2. The lowest BCUT2D eigenvalue weighted by Crippen LogP contribution is -2.18. The van der Waals surface area contributed by atoms with E-state index in [-0.39, 0.29) is 0 Å². The number of ether oxygens (including phenoxy) is 3. The van der Waals surface area contributed by atoms with Crippen LogP contribution in [0.2, 0.25) is 0 Å². The molecule has 0 N–H and O–H groups in total. The average molecular weight is 321 g/mol. The minimum Gasteiger partial charge on any atom is -0.493 e. The molecule has 1 atom stereocenters. The van der Waals surface area contributed by atoms with E-state index in [0.29, 0.717) is 6.61 Å². The van der Waals surface area contributed by atoms with Gasteiger partial charge >= 0.3 is 0 Å². The van der Waals surface area contributed by atoms with Crippen molar-refractivity contribution >= 4 is 15.9 Å². The molecule has 3 nitrogen and oxygen atoms in total. The molecule has 1 heterocycles. The zero-order valence-electron chi connectivity index (χ0n) is 10.4. The van der Waals surface area contributed by atoms with Crippen LogP contribution in [-0.2, 0) is 11.3 Å². The van der Waals surface area contributed by atoms with Crippen molar-refractivity contribution in [1.82, 2.24) is 0 Å². The van der Waals surface area contributed by atoms with Crippen molar-refractivity contribution in [3.63, 3.8) is 0 Å². The standard InChI is InChI=1S/C15H13BrO3/c1-17-13-8-7-12(16)11-9-18-15(19-14(11)13)10-5-3-2-4-6-10/h2-8,15H,9H2,1H3. The van der Waals surface area contributed by atoms with Gasteiger partial charge in [-0.1, -0.05) is 46.3 Å². The van der Waals surface area contributed by atoms with Crippen molar-refractivity contribution < 1.29 is 14.2 Å². The summed E-state index contributed by atoms with van der Waals surface area (Å²) in [5.74, 6) is 1.47. The smallest absolute Gasteiger partial charge is 0.227 e. The molecular formula is C15H13BrO3. The van der Waals surface area contributed by atoms with Crippen LogP contribution in [0.5, 0.6) is 11.5 Å². The summed E-state index contributed by atoms with van der Waals surface area (Å²) in [5.41, 5.74) is 1.97. The summed E-state index contributed by atoms with van der Waals surface area (Å²) in [4.78, 5) is 0. The van der Waals surface area contributed by atoms with Gasteiger partial charge in [0.15, 0.2) is 11.5 Å². The summed E-state index contributed by atoms with van der Waals surface area (Å²) in [5, 5.41) is 0. The van der Waals surface area contributed by atoms with E-state index in [4.69, 9.17) is 14.2 Å². The lowest BCUT2D eigenvalue weighted by atomic mass is 10.1. The first kappa shape index (κ1) is 12.5. The number of fused-ring (bicyclic) bond motifs is 1. The van der Waals surface area contributed by atoms with Gasteiger partial charge in [0.1, 0.15) is 0 Å². The van der Waals surface area contributed by atoms with Crippen molar-refractivity contribution in [3.05, 3.63) is 58.1 Å². The Morgan fingerprint density at radius 3 is 2.68 bits per heavy atom. The maximum atomic E-state index is 5.94. The maximum absolute atomic E-state index is 5.94. The SMILES string of the molecule is COc1ccc(Br)c2c1OC(c1ccccc1)OC2. The minimum absolute atomic E-state index is 0.392. The Morgan fingerprint density at radius 2 is 1.95 bits per heavy atom. The molecule has 1 aliphatic rings. The molecule has 98 valence electrons. The van der Waals surface area contributed by atoms with Crippen molar-refractivity contribution in [2.45, 2.75) is 12.9 Å². The Balaban J connectivity index is 1.97. The Bertz CT molecular complexity index is 583. The highest BCUT2D eigenvalue weighted by atomic mass is 79.9. The summed E-state index contributed by atoms with van der Waals surface area (Å²) in [6.07, 6.45) is -0.392. The van der Waals surface area contributed by atoms with Crippen LogP contribution in [0.1, 0.15) is 17.4 Å². The molecule has 3 rings (SSSR count). The van der Waals surface area contributed by atoms with Gasteiger partial charge in [-0.05, 0) is 12.1 Å². The molecular weight excluding hydrogens is 308 g/mol. The van der Waals surface area contributed by atoms with Crippen molar-refractivity contribution in [2.75, 3.05) is 7.11 Å². The van der Waals surface area contributed by atoms with E-state index in [1.54, 1.807) is 7.11 Å². The van der Waals surface area contributed by atoms with Crippen LogP contribution in [0.4, 0.5) is 0 Å². The lowest BCUT2D eigenvalue weighted by Gasteiger charge is -2.28. The molecule has 0 aromatic heterocycles. The summed E-state index contributed by atoms with van der Waals surface area (Å²) >= 11 is 3.51. The number of methoxy groups -OCH3 is 1. The molecule has 4 heteroatoms. The third-order valence-electron chi connectivity index (χ3n) is 3.06. The molecule has 2 aromatic rings. The van der Waals surface area contributed by atoms with E-state index >= 15 is 0 Å². The van der Waals surface area contributed by atoms with Gasteiger partial charge < -0.3 is 14.2 Å². The van der Waals surface area contributed by atoms with Gasteiger partial charge in [-0.3, -0.25) is 0 Å². The fourth-order valence-electron chi connectivity index (χ4n) is 2.08. The first-order valence-electron chi connectivity index (χ1n) is 5.98. The number of hydrogen-bond donors (Lipinski definition) is 0. The van der Waals surface area contributed by atoms with Gasteiger partial charge in [0.05, 0.1) is 13.7 Å². The third kappa shape index (κ3) is 2.33. The normalized spacial score (nSPS) is 17.5. The Morgan fingerprint density at radius 1 is 1.16 bits per heavy atom. The van der Waals surface area contributed by atoms with Gasteiger partial charge in [-0.15, -0.1) is 0 Å². The van der Waals surface area contributed by atoms with E-state index in [0.717, 1.165) is 27.1 Å². The van der Waals surface area contributed by atoms with Crippen LogP contribution < -0.4 is 9.47 Å². The molecule has 0 bridgehead atoms. The second-order valence-electron chi connectivity index (χ2n) is 4.23. The molecule has 0 saturated heterocycles. The number of halogens is 1. The quantitative estimate of drug-likeness (QED) is 0.835. The van der Waals surface area contributed by atoms with Crippen molar-refractivity contribution in [2.24, 2.45) is 0 Å². The fraction of sp³-hybridized carbons (Fsp3) is 0.200. The monoisotopic (exact) mass is 320 g/mol. The summed E-state index contributed by atoms with van der Waals surface area (Å²) in [6, 6.07) is 13.7. The molecule has 0 radical (unpaired) electrons. The minimum atomic E-state index is -0.392. The van der Waals surface area contributed by atoms with Crippen LogP contribution in [0.25, 0.3) is 0 Å². The van der Waals surface area contributed by atoms with Crippen LogP contribution in [0.3, 0.4) is 0 Å². The van der Waals surface area contributed by atoms with E-state index in [9.17, 15) is 0 Å². The predicted molar refractivity (Wildman–Crippen MR) is 75.3 cm³/mol. The fourth-order valence-corrected chi connectivity index (χ4v) is 2.51. The van der Waals surface area contributed by atoms with Gasteiger partial charge in [-0.2, -0.15) is 0 Å². The zero-order valence-corrected chi connectivity index (χ0v) is 12.0. The Kier molecular flexibility index (Phi) is 3.44. The highest BCUT2D eigenvalue weighted by Crippen LogP contribution is 2.42. The molecule has 19 heavy (non-hydrogen) atoms. The van der Waals surface area contributed by atoms with Gasteiger partial charge in [0.2, 0.25) is 6.29 Å². The van der Waals surface area contributed by atoms with Gasteiger partial charge in [0.25, 0.3) is 0 Å². The molecule has 0 aliphatic carbocycles. The maximum Gasteiger partial charge on any atom is 0.227 e. The molecule has 0 spiro atoms. The summed E-state index contributed by atoms with van der Waals surface area (Å²) in [7, 11) is 1.64. The largest absolute Gasteiger partial charge is 0.493 e. The lowest BCUT2D eigenvalue weighted by molar-refractivity contribution is -0.112. The molecule has 2 aromatic carbocycles. The average Bonchev–Trinajstić information content (AvgIpc) is 2.48. The van der Waals surface area contributed by atoms with Crippen LogP contribution in [0, 0.1) is 0 Å². The van der Waals surface area contributed by atoms with E-state index in [2.05, 4.69) is 15.9 Å². The Labute approximate surface area is 120 Å². The third-order valence-corrected chi connectivity index (χ3v) is 3.81. The van der Waals surface area contributed by atoms with Crippen LogP contribution in [0.15, 0.2) is 46.9 Å². The second kappa shape index (κ2) is 5.23. The summed E-state index contributed by atoms with van der Waals surface area (Å²) in [6.45, 7) is 0.493. The number of hydrogen-bond acceptors (Lipinski definition) is 3. The van der Waals surface area contributed by atoms with Gasteiger partial charge in [-0.25, -0.2) is 0 Å². The second-order valence-corrected chi connectivity index (χ2v) is 5.08. The van der Waals surface area contributed by atoms with Gasteiger partial charge in [0, 0.05) is 15.6 Å². The first-order chi connectivity index (χ1) is 9.29. The van der Waals surface area contributed by atoms with E-state index in [1.165, 1.54) is 0 Å². The molecule has 0 fully saturated rings. The molecule has 1 aliphatic heterocycles. The highest BCUT2D eigenvalue weighted by Gasteiger charge is 2.26. The molecule has 1 unspecified atom stereocenters. The summed E-state index contributed by atoms with van der Waals surface area (Å²) < 4.78 is 18.0. The van der Waals surface area contributed by atoms with Crippen LogP contribution >= 0.6 is 15.9 Å². The molecule has 0 amide bonds. The van der Waals surface area contributed by atoms with E-state index < -0.39 is 6.29 Å².